The molecule has 6 unspecified atom stereocenters. The maximum absolute atomic E-state index is 11.9. The molecule has 4 aliphatic carbocycles. The summed E-state index contributed by atoms with van der Waals surface area (Å²) in [7, 11) is 0. The van der Waals surface area contributed by atoms with Gasteiger partial charge in [0.05, 0.1) is 5.41 Å². The van der Waals surface area contributed by atoms with Crippen LogP contribution in [-0.4, -0.2) is 11.1 Å². The SMILES string of the molecule is C=C1CC23CCC4C(CCC4(C)C(=O)O)C(=C)C2CCC1C3. The second-order valence-electron chi connectivity index (χ2n) is 8.82. The fourth-order valence-corrected chi connectivity index (χ4v) is 6.71. The number of allylic oxidation sites excluding steroid dienone is 2. The van der Waals surface area contributed by atoms with E-state index in [-0.39, 0.29) is 0 Å². The van der Waals surface area contributed by atoms with Crippen molar-refractivity contribution in [3.8, 4) is 0 Å². The molecule has 0 radical (unpaired) electrons. The predicted octanol–water partition coefficient (Wildman–Crippen LogP) is 4.82. The summed E-state index contributed by atoms with van der Waals surface area (Å²) in [5.74, 6) is 1.49. The molecule has 1 N–H and O–H groups in total. The summed E-state index contributed by atoms with van der Waals surface area (Å²) in [5, 5.41) is 9.78. The standard InChI is InChI=1S/C20H28O2/c1-12-10-20-9-7-17-15(6-8-19(17,3)18(21)22)13(2)16(20)5-4-14(12)11-20/h14-17H,1-2,4-11H2,3H3,(H,21,22). The average molecular weight is 300 g/mol. The highest BCUT2D eigenvalue weighted by atomic mass is 16.4. The van der Waals surface area contributed by atoms with Crippen molar-refractivity contribution in [2.45, 2.75) is 58.3 Å². The largest absolute Gasteiger partial charge is 0.481 e. The molecule has 0 heterocycles. The number of aliphatic carboxylic acids is 1. The molecule has 0 aromatic heterocycles. The van der Waals surface area contributed by atoms with Gasteiger partial charge in [-0.15, -0.1) is 0 Å². The van der Waals surface area contributed by atoms with Gasteiger partial charge in [0.1, 0.15) is 0 Å². The third kappa shape index (κ3) is 1.70. The number of hydrogen-bond donors (Lipinski definition) is 1. The quantitative estimate of drug-likeness (QED) is 0.705. The summed E-state index contributed by atoms with van der Waals surface area (Å²) in [6.45, 7) is 10.9. The molecule has 0 saturated heterocycles. The van der Waals surface area contributed by atoms with Gasteiger partial charge < -0.3 is 5.11 Å². The zero-order valence-corrected chi connectivity index (χ0v) is 13.7. The van der Waals surface area contributed by atoms with Crippen LogP contribution in [0.5, 0.6) is 0 Å². The number of carbonyl (C=O) groups is 1. The van der Waals surface area contributed by atoms with Gasteiger partial charge in [-0.3, -0.25) is 4.79 Å². The van der Waals surface area contributed by atoms with E-state index in [2.05, 4.69) is 13.2 Å². The molecule has 4 aliphatic rings. The lowest BCUT2D eigenvalue weighted by atomic mass is 9.63. The number of rotatable bonds is 1. The summed E-state index contributed by atoms with van der Waals surface area (Å²) in [6.07, 6.45) is 9.12. The summed E-state index contributed by atoms with van der Waals surface area (Å²) in [6, 6.07) is 0. The lowest BCUT2D eigenvalue weighted by Gasteiger charge is -2.41. The molecule has 1 spiro atoms. The molecular formula is C20H28O2. The van der Waals surface area contributed by atoms with Crippen LogP contribution in [0.1, 0.15) is 58.3 Å². The van der Waals surface area contributed by atoms with Gasteiger partial charge in [0, 0.05) is 0 Å². The van der Waals surface area contributed by atoms with Crippen LogP contribution in [0.15, 0.2) is 24.3 Å². The van der Waals surface area contributed by atoms with Crippen LogP contribution in [0.4, 0.5) is 0 Å². The van der Waals surface area contributed by atoms with Gasteiger partial charge in [0.25, 0.3) is 0 Å². The molecular weight excluding hydrogens is 272 g/mol. The Morgan fingerprint density at radius 2 is 1.95 bits per heavy atom. The Balaban J connectivity index is 1.71. The van der Waals surface area contributed by atoms with Crippen LogP contribution < -0.4 is 0 Å². The second-order valence-corrected chi connectivity index (χ2v) is 8.82. The van der Waals surface area contributed by atoms with E-state index in [0.717, 1.165) is 25.2 Å². The predicted molar refractivity (Wildman–Crippen MR) is 87.4 cm³/mol. The van der Waals surface area contributed by atoms with Gasteiger partial charge >= 0.3 is 5.97 Å². The fourth-order valence-electron chi connectivity index (χ4n) is 6.71. The molecule has 2 bridgehead atoms. The van der Waals surface area contributed by atoms with Gasteiger partial charge in [-0.1, -0.05) is 24.3 Å². The number of carboxylic acids is 1. The minimum atomic E-state index is -0.594. The molecule has 4 rings (SSSR count). The minimum Gasteiger partial charge on any atom is -0.481 e. The van der Waals surface area contributed by atoms with Crippen LogP contribution in [0.2, 0.25) is 0 Å². The first kappa shape index (κ1) is 14.5. The van der Waals surface area contributed by atoms with Gasteiger partial charge in [0.15, 0.2) is 0 Å². The molecule has 2 nitrogen and oxygen atoms in total. The zero-order valence-electron chi connectivity index (χ0n) is 13.7. The lowest BCUT2D eigenvalue weighted by Crippen LogP contribution is -2.33. The van der Waals surface area contributed by atoms with Crippen molar-refractivity contribution >= 4 is 5.97 Å². The highest BCUT2D eigenvalue weighted by Gasteiger charge is 2.58. The zero-order chi connectivity index (χ0) is 15.7. The van der Waals surface area contributed by atoms with Crippen molar-refractivity contribution in [1.29, 1.82) is 0 Å². The molecule has 0 aliphatic heterocycles. The molecule has 2 heteroatoms. The van der Waals surface area contributed by atoms with E-state index in [1.807, 2.05) is 6.92 Å². The van der Waals surface area contributed by atoms with Gasteiger partial charge in [-0.25, -0.2) is 0 Å². The van der Waals surface area contributed by atoms with E-state index in [1.54, 1.807) is 0 Å². The Morgan fingerprint density at radius 3 is 2.68 bits per heavy atom. The minimum absolute atomic E-state index is 0.296. The third-order valence-corrected chi connectivity index (χ3v) is 8.00. The molecule has 0 amide bonds. The van der Waals surface area contributed by atoms with Crippen LogP contribution in [-0.2, 0) is 4.79 Å². The Kier molecular flexibility index (Phi) is 2.97. The van der Waals surface area contributed by atoms with E-state index in [0.29, 0.717) is 23.2 Å². The van der Waals surface area contributed by atoms with Crippen LogP contribution in [0, 0.1) is 34.5 Å². The first-order chi connectivity index (χ1) is 10.4. The molecule has 120 valence electrons. The van der Waals surface area contributed by atoms with Gasteiger partial charge in [-0.2, -0.15) is 0 Å². The Morgan fingerprint density at radius 1 is 1.18 bits per heavy atom. The van der Waals surface area contributed by atoms with Crippen molar-refractivity contribution < 1.29 is 9.90 Å². The molecule has 4 fully saturated rings. The molecule has 0 aromatic carbocycles. The summed E-state index contributed by atoms with van der Waals surface area (Å²) in [4.78, 5) is 11.9. The van der Waals surface area contributed by atoms with Crippen molar-refractivity contribution in [1.82, 2.24) is 0 Å². The fraction of sp³-hybridized carbons (Fsp3) is 0.750. The molecule has 6 atom stereocenters. The Bertz CT molecular complexity index is 562. The Hall–Kier alpha value is -1.05. The van der Waals surface area contributed by atoms with E-state index < -0.39 is 11.4 Å². The van der Waals surface area contributed by atoms with Crippen molar-refractivity contribution in [2.75, 3.05) is 0 Å². The normalized spacial score (nSPS) is 50.4. The number of carboxylic acid groups (broad SMARTS) is 1. The monoisotopic (exact) mass is 300 g/mol. The lowest BCUT2D eigenvalue weighted by molar-refractivity contribution is -0.150. The van der Waals surface area contributed by atoms with Crippen LogP contribution in [0.3, 0.4) is 0 Å². The first-order valence-corrected chi connectivity index (χ1v) is 8.97. The smallest absolute Gasteiger partial charge is 0.309 e. The van der Waals surface area contributed by atoms with E-state index >= 15 is 0 Å². The van der Waals surface area contributed by atoms with E-state index in [4.69, 9.17) is 0 Å². The summed E-state index contributed by atoms with van der Waals surface area (Å²) >= 11 is 0. The van der Waals surface area contributed by atoms with Crippen molar-refractivity contribution in [3.05, 3.63) is 24.3 Å². The Labute approximate surface area is 133 Å². The summed E-state index contributed by atoms with van der Waals surface area (Å²) in [5.41, 5.74) is 2.71. The average Bonchev–Trinajstić information content (AvgIpc) is 2.89. The number of fused-ring (bicyclic) bond motifs is 2. The molecule has 0 aromatic rings. The molecule has 22 heavy (non-hydrogen) atoms. The van der Waals surface area contributed by atoms with Gasteiger partial charge in [-0.05, 0) is 87.4 Å². The van der Waals surface area contributed by atoms with E-state index in [9.17, 15) is 9.90 Å². The van der Waals surface area contributed by atoms with Gasteiger partial charge in [0.2, 0.25) is 0 Å². The van der Waals surface area contributed by atoms with Crippen molar-refractivity contribution in [2.24, 2.45) is 34.5 Å². The van der Waals surface area contributed by atoms with Crippen molar-refractivity contribution in [3.63, 3.8) is 0 Å². The maximum Gasteiger partial charge on any atom is 0.309 e. The second kappa shape index (κ2) is 4.49. The van der Waals surface area contributed by atoms with Crippen LogP contribution >= 0.6 is 0 Å². The first-order valence-electron chi connectivity index (χ1n) is 8.97. The molecule has 4 saturated carbocycles. The topological polar surface area (TPSA) is 37.3 Å². The van der Waals surface area contributed by atoms with E-state index in [1.165, 1.54) is 43.3 Å². The van der Waals surface area contributed by atoms with Crippen LogP contribution in [0.25, 0.3) is 0 Å². The number of hydrogen-bond acceptors (Lipinski definition) is 1. The highest BCUT2D eigenvalue weighted by Crippen LogP contribution is 2.66. The highest BCUT2D eigenvalue weighted by molar-refractivity contribution is 5.75. The maximum atomic E-state index is 11.9. The summed E-state index contributed by atoms with van der Waals surface area (Å²) < 4.78 is 0. The third-order valence-electron chi connectivity index (χ3n) is 8.00.